The van der Waals surface area contributed by atoms with E-state index in [1.54, 1.807) is 0 Å². The van der Waals surface area contributed by atoms with E-state index in [1.165, 1.54) is 54.7 Å². The second-order valence-corrected chi connectivity index (χ2v) is 10.2. The number of methoxy groups -OCH3 is 1. The highest BCUT2D eigenvalue weighted by atomic mass is 16.6. The number of hydrogen-bond acceptors (Lipinski definition) is 4. The number of para-hydroxylation sites is 2. The molecule has 4 atom stereocenters. The Labute approximate surface area is 197 Å². The second kappa shape index (κ2) is 6.40. The molecule has 0 saturated carbocycles. The number of ether oxygens (including phenoxy) is 2. The lowest BCUT2D eigenvalue weighted by Gasteiger charge is -2.48. The van der Waals surface area contributed by atoms with Gasteiger partial charge in [0.05, 0.1) is 22.1 Å². The number of likely N-dealkylation sites (N-methyl/N-ethyl adjacent to an activating group) is 1. The van der Waals surface area contributed by atoms with Crippen LogP contribution >= 0.6 is 0 Å². The highest BCUT2D eigenvalue weighted by Crippen LogP contribution is 2.53. The largest absolute Gasteiger partial charge is 0.375 e. The van der Waals surface area contributed by atoms with Gasteiger partial charge in [0.15, 0.2) is 5.72 Å². The van der Waals surface area contributed by atoms with Crippen LogP contribution in [0.3, 0.4) is 0 Å². The Morgan fingerprint density at radius 3 is 2.32 bits per heavy atom. The highest BCUT2D eigenvalue weighted by Gasteiger charge is 2.52. The Morgan fingerprint density at radius 2 is 1.62 bits per heavy atom. The summed E-state index contributed by atoms with van der Waals surface area (Å²) in [7, 11) is 3.85. The number of nitrogens with zero attached hydrogens (tertiary/aromatic N) is 2. The molecule has 1 fully saturated rings. The van der Waals surface area contributed by atoms with Crippen molar-refractivity contribution in [1.82, 2.24) is 19.8 Å². The van der Waals surface area contributed by atoms with Gasteiger partial charge in [-0.1, -0.05) is 36.4 Å². The molecule has 2 N–H and O–H groups in total. The Kier molecular flexibility index (Phi) is 3.65. The van der Waals surface area contributed by atoms with E-state index in [-0.39, 0.29) is 18.4 Å². The van der Waals surface area contributed by atoms with Crippen LogP contribution in [0, 0.1) is 0 Å². The lowest BCUT2D eigenvalue weighted by atomic mass is 9.93. The number of hydrogen-bond donors (Lipinski definition) is 2. The van der Waals surface area contributed by atoms with E-state index < -0.39 is 5.72 Å². The average molecular weight is 453 g/mol. The third kappa shape index (κ3) is 2.04. The molecular weight excluding hydrogens is 424 g/mol. The van der Waals surface area contributed by atoms with Gasteiger partial charge >= 0.3 is 0 Å². The lowest BCUT2D eigenvalue weighted by molar-refractivity contribution is -0.256. The van der Waals surface area contributed by atoms with E-state index in [2.05, 4.69) is 75.2 Å². The van der Waals surface area contributed by atoms with Crippen molar-refractivity contribution in [1.29, 1.82) is 0 Å². The fourth-order valence-corrected chi connectivity index (χ4v) is 7.43. The van der Waals surface area contributed by atoms with Crippen LogP contribution < -0.4 is 10.6 Å². The van der Waals surface area contributed by atoms with Crippen LogP contribution in [0.25, 0.3) is 43.6 Å². The maximum atomic E-state index is 7.14. The fourth-order valence-electron chi connectivity index (χ4n) is 7.43. The summed E-state index contributed by atoms with van der Waals surface area (Å²) >= 11 is 0. The fraction of sp³-hybridized carbons (Fsp3) is 0.357. The molecule has 172 valence electrons. The zero-order valence-corrected chi connectivity index (χ0v) is 19.7. The van der Waals surface area contributed by atoms with Crippen molar-refractivity contribution in [2.24, 2.45) is 0 Å². The van der Waals surface area contributed by atoms with Crippen molar-refractivity contribution in [3.63, 3.8) is 0 Å². The minimum absolute atomic E-state index is 0.0921. The van der Waals surface area contributed by atoms with Gasteiger partial charge in [-0.05, 0) is 37.2 Å². The van der Waals surface area contributed by atoms with Crippen molar-refractivity contribution in [2.45, 2.75) is 50.5 Å². The molecule has 3 aliphatic heterocycles. The van der Waals surface area contributed by atoms with Crippen LogP contribution in [0.2, 0.25) is 0 Å². The third-order valence-electron chi connectivity index (χ3n) is 8.66. The van der Waals surface area contributed by atoms with Crippen LogP contribution in [0.1, 0.15) is 30.7 Å². The molecule has 2 bridgehead atoms. The maximum Gasteiger partial charge on any atom is 0.173 e. The predicted octanol–water partition coefficient (Wildman–Crippen LogP) is 4.71. The zero-order valence-electron chi connectivity index (χ0n) is 19.7. The molecule has 2 aromatic heterocycles. The summed E-state index contributed by atoms with van der Waals surface area (Å²) in [5.41, 5.74) is 7.23. The minimum atomic E-state index is -0.667. The number of aromatic nitrogens is 2. The van der Waals surface area contributed by atoms with Gasteiger partial charge < -0.3 is 29.2 Å². The Balaban J connectivity index is 1.71. The molecule has 5 heterocycles. The lowest BCUT2D eigenvalue weighted by Crippen LogP contribution is -2.59. The molecule has 5 aromatic rings. The molecule has 0 aliphatic carbocycles. The molecule has 4 unspecified atom stereocenters. The quantitative estimate of drug-likeness (QED) is 0.407. The summed E-state index contributed by atoms with van der Waals surface area (Å²) in [6, 6.07) is 17.8. The van der Waals surface area contributed by atoms with Crippen LogP contribution in [-0.2, 0) is 28.3 Å². The Hall–Kier alpha value is -2.90. The van der Waals surface area contributed by atoms with Crippen molar-refractivity contribution in [2.75, 3.05) is 14.2 Å². The molecule has 3 aliphatic rings. The third-order valence-corrected chi connectivity index (χ3v) is 8.66. The van der Waals surface area contributed by atoms with Gasteiger partial charge in [-0.15, -0.1) is 0 Å². The van der Waals surface area contributed by atoms with E-state index in [9.17, 15) is 0 Å². The first-order chi connectivity index (χ1) is 16.7. The molecule has 0 amide bonds. The van der Waals surface area contributed by atoms with Gasteiger partial charge in [-0.3, -0.25) is 0 Å². The molecule has 8 rings (SSSR count). The van der Waals surface area contributed by atoms with Crippen LogP contribution in [0.4, 0.5) is 0 Å². The summed E-state index contributed by atoms with van der Waals surface area (Å²) in [4.78, 5) is 0. The van der Waals surface area contributed by atoms with Gasteiger partial charge in [-0.25, -0.2) is 0 Å². The maximum absolute atomic E-state index is 7.14. The number of benzene rings is 3. The highest BCUT2D eigenvalue weighted by molar-refractivity contribution is 6.25. The molecule has 0 spiro atoms. The van der Waals surface area contributed by atoms with Gasteiger partial charge in [0.25, 0.3) is 0 Å². The number of rotatable bonds is 2. The number of fused-ring (bicyclic) bond motifs is 13. The summed E-state index contributed by atoms with van der Waals surface area (Å²) in [6.45, 7) is 4.01. The topological polar surface area (TPSA) is 52.4 Å². The van der Waals surface area contributed by atoms with Gasteiger partial charge in [0.1, 0.15) is 12.3 Å². The van der Waals surface area contributed by atoms with Crippen molar-refractivity contribution >= 4 is 43.6 Å². The molecule has 34 heavy (non-hydrogen) atoms. The SMILES string of the molecule is CNC1CC2OC(C)(C1OC)n1c3ccccc3c3c4c(c5c6ccccc6n2c5c31)CNC4. The van der Waals surface area contributed by atoms with Crippen molar-refractivity contribution < 1.29 is 9.47 Å². The molecule has 1 saturated heterocycles. The summed E-state index contributed by atoms with van der Waals surface area (Å²) < 4.78 is 18.3. The summed E-state index contributed by atoms with van der Waals surface area (Å²) in [6.07, 6.45) is 0.619. The van der Waals surface area contributed by atoms with Crippen molar-refractivity contribution in [3.8, 4) is 0 Å². The molecular formula is C28H28N4O2. The Morgan fingerprint density at radius 1 is 0.971 bits per heavy atom. The second-order valence-electron chi connectivity index (χ2n) is 10.2. The van der Waals surface area contributed by atoms with Gasteiger partial charge in [0, 0.05) is 54.2 Å². The summed E-state index contributed by atoms with van der Waals surface area (Å²) in [5, 5.41) is 12.6. The van der Waals surface area contributed by atoms with E-state index >= 15 is 0 Å². The van der Waals surface area contributed by atoms with Crippen LogP contribution in [0.5, 0.6) is 0 Å². The van der Waals surface area contributed by atoms with Gasteiger partial charge in [0.2, 0.25) is 0 Å². The van der Waals surface area contributed by atoms with E-state index in [0.29, 0.717) is 0 Å². The Bertz CT molecular complexity index is 1660. The van der Waals surface area contributed by atoms with Gasteiger partial charge in [-0.2, -0.15) is 0 Å². The first kappa shape index (κ1) is 19.4. The first-order valence-electron chi connectivity index (χ1n) is 12.3. The zero-order chi connectivity index (χ0) is 22.8. The van der Waals surface area contributed by atoms with Crippen molar-refractivity contribution in [3.05, 3.63) is 59.7 Å². The van der Waals surface area contributed by atoms with Crippen LogP contribution in [0.15, 0.2) is 48.5 Å². The minimum Gasteiger partial charge on any atom is -0.375 e. The molecule has 0 radical (unpaired) electrons. The average Bonchev–Trinajstić information content (AvgIpc) is 3.53. The first-order valence-corrected chi connectivity index (χ1v) is 12.3. The predicted molar refractivity (Wildman–Crippen MR) is 135 cm³/mol. The monoisotopic (exact) mass is 452 g/mol. The molecule has 6 heteroatoms. The van der Waals surface area contributed by atoms with E-state index in [4.69, 9.17) is 9.47 Å². The summed E-state index contributed by atoms with van der Waals surface area (Å²) in [5.74, 6) is 0. The van der Waals surface area contributed by atoms with E-state index in [1.807, 2.05) is 14.2 Å². The smallest absolute Gasteiger partial charge is 0.173 e. The number of nitrogens with one attached hydrogen (secondary N) is 2. The van der Waals surface area contributed by atoms with E-state index in [0.717, 1.165) is 19.5 Å². The van der Waals surface area contributed by atoms with Crippen LogP contribution in [-0.4, -0.2) is 35.4 Å². The molecule has 3 aromatic carbocycles. The molecule has 6 nitrogen and oxygen atoms in total. The standard InChI is InChI=1S/C28H28N4O2/c1-28-27(33-3)19(29-2)12-22(34-28)31-20-10-6-4-8-15(20)23-17-13-30-14-18(17)24-16-9-5-7-11-21(16)32(28)26(24)25(23)31/h4-11,19,22,27,29-30H,12-14H2,1-3H3. The normalized spacial score (nSPS) is 27.9.